The molecule has 0 saturated carbocycles. The summed E-state index contributed by atoms with van der Waals surface area (Å²) in [6.07, 6.45) is 2.73. The lowest BCUT2D eigenvalue weighted by atomic mass is 9.92. The van der Waals surface area contributed by atoms with E-state index in [1.807, 2.05) is 31.2 Å². The van der Waals surface area contributed by atoms with Crippen molar-refractivity contribution in [1.29, 1.82) is 0 Å². The average molecular weight is 304 g/mol. The Labute approximate surface area is 133 Å². The van der Waals surface area contributed by atoms with Crippen LogP contribution in [0.2, 0.25) is 0 Å². The number of hydrogen-bond donors (Lipinski definition) is 2. The molecule has 22 heavy (non-hydrogen) atoms. The van der Waals surface area contributed by atoms with Crippen LogP contribution in [0.15, 0.2) is 24.3 Å². The lowest BCUT2D eigenvalue weighted by Gasteiger charge is -2.27. The van der Waals surface area contributed by atoms with E-state index >= 15 is 0 Å². The number of rotatable bonds is 6. The molecule has 1 aromatic rings. The van der Waals surface area contributed by atoms with E-state index in [1.54, 1.807) is 0 Å². The van der Waals surface area contributed by atoms with E-state index in [9.17, 15) is 4.79 Å². The van der Waals surface area contributed by atoms with Gasteiger partial charge in [0, 0.05) is 12.0 Å². The molecule has 1 amide bonds. The van der Waals surface area contributed by atoms with E-state index in [0.717, 1.165) is 31.6 Å². The molecule has 1 aliphatic heterocycles. The van der Waals surface area contributed by atoms with Crippen molar-refractivity contribution in [2.75, 3.05) is 13.1 Å². The fraction of sp³-hybridized carbons (Fsp3) is 0.611. The molecule has 0 radical (unpaired) electrons. The maximum Gasteiger partial charge on any atom is 0.223 e. The highest BCUT2D eigenvalue weighted by atomic mass is 16.5. The Hall–Kier alpha value is -1.55. The number of ether oxygens (including phenoxy) is 1. The second-order valence-electron chi connectivity index (χ2n) is 6.29. The number of benzene rings is 1. The molecular formula is C18H28N2O2. The molecule has 1 aliphatic rings. The van der Waals surface area contributed by atoms with Crippen molar-refractivity contribution in [3.63, 3.8) is 0 Å². The minimum Gasteiger partial charge on any atom is -0.489 e. The quantitative estimate of drug-likeness (QED) is 0.849. The van der Waals surface area contributed by atoms with Gasteiger partial charge in [0.1, 0.15) is 11.9 Å². The molecule has 0 aliphatic carbocycles. The zero-order chi connectivity index (χ0) is 15.9. The summed E-state index contributed by atoms with van der Waals surface area (Å²) in [5.74, 6) is 1.17. The number of piperidine rings is 1. The van der Waals surface area contributed by atoms with E-state index in [4.69, 9.17) is 4.74 Å². The summed E-state index contributed by atoms with van der Waals surface area (Å²) in [7, 11) is 0. The average Bonchev–Trinajstić information content (AvgIpc) is 2.51. The molecule has 2 rings (SSSR count). The Morgan fingerprint density at radius 2 is 2.32 bits per heavy atom. The normalized spacial score (nSPS) is 22.9. The van der Waals surface area contributed by atoms with Gasteiger partial charge in [0.2, 0.25) is 5.91 Å². The minimum atomic E-state index is 0.0184. The molecule has 0 aromatic heterocycles. The van der Waals surface area contributed by atoms with Gasteiger partial charge in [-0.05, 0) is 57.4 Å². The number of carbonyl (C=O) groups excluding carboxylic acids is 1. The lowest BCUT2D eigenvalue weighted by molar-refractivity contribution is -0.126. The second kappa shape index (κ2) is 8.18. The van der Waals surface area contributed by atoms with Crippen LogP contribution >= 0.6 is 0 Å². The van der Waals surface area contributed by atoms with Crippen LogP contribution in [0.5, 0.6) is 5.75 Å². The van der Waals surface area contributed by atoms with Crippen molar-refractivity contribution in [1.82, 2.24) is 10.6 Å². The summed E-state index contributed by atoms with van der Waals surface area (Å²) >= 11 is 0. The Balaban J connectivity index is 1.81. The van der Waals surface area contributed by atoms with Gasteiger partial charge in [-0.15, -0.1) is 0 Å². The van der Waals surface area contributed by atoms with Gasteiger partial charge < -0.3 is 15.4 Å². The van der Waals surface area contributed by atoms with Crippen molar-refractivity contribution in [2.24, 2.45) is 5.92 Å². The van der Waals surface area contributed by atoms with Crippen LogP contribution in [0.4, 0.5) is 0 Å². The molecule has 4 nitrogen and oxygen atoms in total. The van der Waals surface area contributed by atoms with Gasteiger partial charge in [0.05, 0.1) is 6.54 Å². The Morgan fingerprint density at radius 3 is 3.00 bits per heavy atom. The maximum atomic E-state index is 12.3. The van der Waals surface area contributed by atoms with Gasteiger partial charge in [-0.2, -0.15) is 0 Å². The monoisotopic (exact) mass is 304 g/mol. The molecule has 1 aromatic carbocycles. The summed E-state index contributed by atoms with van der Waals surface area (Å²) in [4.78, 5) is 12.3. The number of hydrogen-bond acceptors (Lipinski definition) is 3. The smallest absolute Gasteiger partial charge is 0.223 e. The molecule has 0 bridgehead atoms. The Morgan fingerprint density at radius 1 is 1.50 bits per heavy atom. The minimum absolute atomic E-state index is 0.0184. The lowest BCUT2D eigenvalue weighted by Crippen LogP contribution is -2.44. The summed E-state index contributed by atoms with van der Waals surface area (Å²) in [6.45, 7) is 7.76. The van der Waals surface area contributed by atoms with Crippen LogP contribution in [0.3, 0.4) is 0 Å². The highest BCUT2D eigenvalue weighted by Gasteiger charge is 2.25. The van der Waals surface area contributed by atoms with Crippen molar-refractivity contribution in [2.45, 2.75) is 52.2 Å². The van der Waals surface area contributed by atoms with Crippen LogP contribution in [-0.4, -0.2) is 31.1 Å². The van der Waals surface area contributed by atoms with Crippen molar-refractivity contribution < 1.29 is 9.53 Å². The van der Waals surface area contributed by atoms with Crippen molar-refractivity contribution >= 4 is 5.91 Å². The second-order valence-corrected chi connectivity index (χ2v) is 6.29. The molecule has 0 spiro atoms. The molecule has 1 unspecified atom stereocenters. The molecule has 4 heteroatoms. The van der Waals surface area contributed by atoms with Gasteiger partial charge in [-0.1, -0.05) is 19.1 Å². The summed E-state index contributed by atoms with van der Waals surface area (Å²) in [5.41, 5.74) is 1.18. The van der Waals surface area contributed by atoms with Gasteiger partial charge in [0.15, 0.2) is 0 Å². The highest BCUT2D eigenvalue weighted by molar-refractivity contribution is 5.78. The van der Waals surface area contributed by atoms with Crippen molar-refractivity contribution in [3.05, 3.63) is 29.8 Å². The zero-order valence-corrected chi connectivity index (χ0v) is 13.9. The molecular weight excluding hydrogens is 276 g/mol. The number of amides is 1. The summed E-state index contributed by atoms with van der Waals surface area (Å²) in [5, 5.41) is 6.44. The van der Waals surface area contributed by atoms with Gasteiger partial charge in [-0.25, -0.2) is 0 Å². The molecule has 1 saturated heterocycles. The molecule has 1 fully saturated rings. The molecule has 1 heterocycles. The van der Waals surface area contributed by atoms with Crippen LogP contribution in [-0.2, 0) is 4.79 Å². The van der Waals surface area contributed by atoms with Crippen molar-refractivity contribution in [3.8, 4) is 5.75 Å². The van der Waals surface area contributed by atoms with Crippen LogP contribution in [0.25, 0.3) is 0 Å². The number of nitrogens with one attached hydrogen (secondary N) is 2. The first-order chi connectivity index (χ1) is 10.6. The maximum absolute atomic E-state index is 12.3. The Kier molecular flexibility index (Phi) is 6.25. The number of aryl methyl sites for hydroxylation is 1. The largest absolute Gasteiger partial charge is 0.489 e. The van der Waals surface area contributed by atoms with Gasteiger partial charge in [0.25, 0.3) is 0 Å². The predicted molar refractivity (Wildman–Crippen MR) is 89.1 cm³/mol. The van der Waals surface area contributed by atoms with Crippen LogP contribution in [0, 0.1) is 12.8 Å². The standard InChI is InChI=1S/C18H28N2O2/c1-4-16(22-17-7-5-6-13(2)10-17)12-20-18(21)15-8-9-19-14(3)11-15/h5-7,10,14-16,19H,4,8-9,11-12H2,1-3H3,(H,20,21)/t14-,15-,16?/m0/s1. The van der Waals surface area contributed by atoms with E-state index in [2.05, 4.69) is 24.5 Å². The number of carbonyl (C=O) groups is 1. The van der Waals surface area contributed by atoms with E-state index in [-0.39, 0.29) is 17.9 Å². The van der Waals surface area contributed by atoms with Gasteiger partial charge in [-0.3, -0.25) is 4.79 Å². The summed E-state index contributed by atoms with van der Waals surface area (Å²) < 4.78 is 5.98. The summed E-state index contributed by atoms with van der Waals surface area (Å²) in [6, 6.07) is 8.46. The first kappa shape index (κ1) is 16.8. The SMILES string of the molecule is CCC(CNC(=O)[C@H]1CCN[C@@H](C)C1)Oc1cccc(C)c1. The first-order valence-corrected chi connectivity index (χ1v) is 8.33. The molecule has 3 atom stereocenters. The fourth-order valence-corrected chi connectivity index (χ4v) is 2.88. The third-order valence-corrected chi connectivity index (χ3v) is 4.25. The van der Waals surface area contributed by atoms with Crippen LogP contribution < -0.4 is 15.4 Å². The fourth-order valence-electron chi connectivity index (χ4n) is 2.88. The molecule has 2 N–H and O–H groups in total. The zero-order valence-electron chi connectivity index (χ0n) is 13.9. The van der Waals surface area contributed by atoms with E-state index < -0.39 is 0 Å². The Bertz CT molecular complexity index is 490. The topological polar surface area (TPSA) is 50.4 Å². The highest BCUT2D eigenvalue weighted by Crippen LogP contribution is 2.17. The predicted octanol–water partition coefficient (Wildman–Crippen LogP) is 2.66. The third-order valence-electron chi connectivity index (χ3n) is 4.25. The van der Waals surface area contributed by atoms with E-state index in [0.29, 0.717) is 12.6 Å². The van der Waals surface area contributed by atoms with E-state index in [1.165, 1.54) is 5.56 Å². The third kappa shape index (κ3) is 5.02. The first-order valence-electron chi connectivity index (χ1n) is 8.33. The molecule has 122 valence electrons. The van der Waals surface area contributed by atoms with Crippen LogP contribution in [0.1, 0.15) is 38.7 Å². The van der Waals surface area contributed by atoms with Gasteiger partial charge >= 0.3 is 0 Å².